The number of nitrogens with one attached hydrogen (secondary N) is 1. The van der Waals surface area contributed by atoms with Crippen LogP contribution in [0.25, 0.3) is 0 Å². The number of rotatable bonds is 7. The highest BCUT2D eigenvalue weighted by Gasteiger charge is 2.14. The van der Waals surface area contributed by atoms with Crippen LogP contribution in [0.3, 0.4) is 0 Å². The van der Waals surface area contributed by atoms with Crippen LogP contribution in [0.5, 0.6) is 0 Å². The summed E-state index contributed by atoms with van der Waals surface area (Å²) in [7, 11) is 1.74. The third-order valence-corrected chi connectivity index (χ3v) is 3.40. The lowest BCUT2D eigenvalue weighted by atomic mass is 10.0. The van der Waals surface area contributed by atoms with Gasteiger partial charge in [-0.05, 0) is 23.6 Å². The van der Waals surface area contributed by atoms with Gasteiger partial charge >= 0.3 is 0 Å². The second kappa shape index (κ2) is 7.10. The zero-order valence-electron chi connectivity index (χ0n) is 12.4. The van der Waals surface area contributed by atoms with Crippen LogP contribution in [-0.4, -0.2) is 29.5 Å². The molecule has 0 saturated carbocycles. The average molecular weight is 273 g/mol. The Morgan fingerprint density at radius 3 is 2.70 bits per heavy atom. The molecule has 0 amide bonds. The van der Waals surface area contributed by atoms with Gasteiger partial charge < -0.3 is 10.1 Å². The van der Waals surface area contributed by atoms with E-state index in [9.17, 15) is 0 Å². The first-order valence-electron chi connectivity index (χ1n) is 7.01. The minimum Gasteiger partial charge on any atom is -0.383 e. The molecule has 0 fully saturated rings. The SMILES string of the molecule is COCC(Nc1ccccc1Cn1cccn1)C(C)C. The number of para-hydroxylation sites is 1. The van der Waals surface area contributed by atoms with E-state index >= 15 is 0 Å². The highest BCUT2D eigenvalue weighted by molar-refractivity contribution is 5.52. The van der Waals surface area contributed by atoms with E-state index in [1.54, 1.807) is 13.3 Å². The lowest BCUT2D eigenvalue weighted by Crippen LogP contribution is -2.31. The van der Waals surface area contributed by atoms with Crippen molar-refractivity contribution in [2.24, 2.45) is 5.92 Å². The van der Waals surface area contributed by atoms with E-state index in [0.29, 0.717) is 18.6 Å². The maximum absolute atomic E-state index is 5.30. The number of methoxy groups -OCH3 is 1. The molecule has 2 rings (SSSR count). The first kappa shape index (κ1) is 14.6. The van der Waals surface area contributed by atoms with Crippen LogP contribution in [0.15, 0.2) is 42.7 Å². The Labute approximate surface area is 120 Å². The van der Waals surface area contributed by atoms with Gasteiger partial charge in [0, 0.05) is 25.2 Å². The van der Waals surface area contributed by atoms with Gasteiger partial charge in [-0.25, -0.2) is 0 Å². The van der Waals surface area contributed by atoms with Crippen molar-refractivity contribution in [1.29, 1.82) is 0 Å². The van der Waals surface area contributed by atoms with Gasteiger partial charge in [-0.1, -0.05) is 32.0 Å². The number of ether oxygens (including phenoxy) is 1. The maximum atomic E-state index is 5.30. The molecule has 0 radical (unpaired) electrons. The van der Waals surface area contributed by atoms with E-state index in [-0.39, 0.29) is 0 Å². The Hall–Kier alpha value is -1.81. The fourth-order valence-corrected chi connectivity index (χ4v) is 2.15. The first-order chi connectivity index (χ1) is 9.70. The molecule has 1 aromatic carbocycles. The summed E-state index contributed by atoms with van der Waals surface area (Å²) in [6.45, 7) is 5.88. The van der Waals surface area contributed by atoms with E-state index in [0.717, 1.165) is 12.2 Å². The van der Waals surface area contributed by atoms with Crippen LogP contribution in [0, 0.1) is 5.92 Å². The Morgan fingerprint density at radius 2 is 2.05 bits per heavy atom. The van der Waals surface area contributed by atoms with Crippen molar-refractivity contribution in [2.75, 3.05) is 19.0 Å². The van der Waals surface area contributed by atoms with Gasteiger partial charge in [0.1, 0.15) is 0 Å². The normalized spacial score (nSPS) is 12.6. The van der Waals surface area contributed by atoms with Crippen molar-refractivity contribution in [1.82, 2.24) is 9.78 Å². The fourth-order valence-electron chi connectivity index (χ4n) is 2.15. The molecular formula is C16H23N3O. The Kier molecular flexibility index (Phi) is 5.18. The summed E-state index contributed by atoms with van der Waals surface area (Å²) in [5.41, 5.74) is 2.39. The predicted octanol–water partition coefficient (Wildman–Crippen LogP) is 3.01. The Balaban J connectivity index is 2.14. The number of benzene rings is 1. The number of hydrogen-bond donors (Lipinski definition) is 1. The van der Waals surface area contributed by atoms with E-state index in [1.165, 1.54) is 5.56 Å². The standard InChI is InChI=1S/C16H23N3O/c1-13(2)16(12-20-3)18-15-8-5-4-7-14(15)11-19-10-6-9-17-19/h4-10,13,16,18H,11-12H2,1-3H3. The summed E-state index contributed by atoms with van der Waals surface area (Å²) in [5, 5.41) is 7.86. The molecule has 1 atom stereocenters. The molecule has 4 nitrogen and oxygen atoms in total. The van der Waals surface area contributed by atoms with Crippen molar-refractivity contribution in [2.45, 2.75) is 26.4 Å². The van der Waals surface area contributed by atoms with Gasteiger partial charge in [-0.3, -0.25) is 4.68 Å². The fraction of sp³-hybridized carbons (Fsp3) is 0.438. The highest BCUT2D eigenvalue weighted by atomic mass is 16.5. The van der Waals surface area contributed by atoms with Crippen molar-refractivity contribution in [3.8, 4) is 0 Å². The van der Waals surface area contributed by atoms with Gasteiger partial charge in [0.2, 0.25) is 0 Å². The average Bonchev–Trinajstić information content (AvgIpc) is 2.93. The number of anilines is 1. The molecule has 2 aromatic rings. The largest absolute Gasteiger partial charge is 0.383 e. The summed E-state index contributed by atoms with van der Waals surface area (Å²) in [6.07, 6.45) is 3.78. The zero-order valence-corrected chi connectivity index (χ0v) is 12.4. The van der Waals surface area contributed by atoms with Crippen molar-refractivity contribution >= 4 is 5.69 Å². The molecule has 0 aliphatic rings. The van der Waals surface area contributed by atoms with E-state index in [1.807, 2.05) is 16.9 Å². The summed E-state index contributed by atoms with van der Waals surface area (Å²) in [6, 6.07) is 10.6. The lowest BCUT2D eigenvalue weighted by molar-refractivity contribution is 0.171. The molecule has 0 bridgehead atoms. The second-order valence-corrected chi connectivity index (χ2v) is 5.31. The van der Waals surface area contributed by atoms with Crippen molar-refractivity contribution < 1.29 is 4.74 Å². The Morgan fingerprint density at radius 1 is 1.25 bits per heavy atom. The molecule has 1 unspecified atom stereocenters. The smallest absolute Gasteiger partial charge is 0.0679 e. The lowest BCUT2D eigenvalue weighted by Gasteiger charge is -2.24. The quantitative estimate of drug-likeness (QED) is 0.843. The summed E-state index contributed by atoms with van der Waals surface area (Å²) < 4.78 is 7.23. The van der Waals surface area contributed by atoms with Crippen LogP contribution >= 0.6 is 0 Å². The minimum absolute atomic E-state index is 0.304. The molecule has 1 aromatic heterocycles. The predicted molar refractivity (Wildman–Crippen MR) is 81.9 cm³/mol. The maximum Gasteiger partial charge on any atom is 0.0679 e. The minimum atomic E-state index is 0.304. The third kappa shape index (κ3) is 3.84. The van der Waals surface area contributed by atoms with Gasteiger partial charge in [0.25, 0.3) is 0 Å². The van der Waals surface area contributed by atoms with Crippen LogP contribution < -0.4 is 5.32 Å². The van der Waals surface area contributed by atoms with E-state index in [2.05, 4.69) is 48.5 Å². The van der Waals surface area contributed by atoms with Gasteiger partial charge in [-0.2, -0.15) is 5.10 Å². The van der Waals surface area contributed by atoms with Gasteiger partial charge in [0.05, 0.1) is 19.2 Å². The molecule has 20 heavy (non-hydrogen) atoms. The van der Waals surface area contributed by atoms with Crippen molar-refractivity contribution in [3.05, 3.63) is 48.3 Å². The number of aromatic nitrogens is 2. The zero-order chi connectivity index (χ0) is 14.4. The monoisotopic (exact) mass is 273 g/mol. The molecule has 4 heteroatoms. The second-order valence-electron chi connectivity index (χ2n) is 5.31. The van der Waals surface area contributed by atoms with Crippen LogP contribution in [0.2, 0.25) is 0 Å². The highest BCUT2D eigenvalue weighted by Crippen LogP contribution is 2.19. The molecule has 1 heterocycles. The topological polar surface area (TPSA) is 39.1 Å². The molecule has 0 aliphatic carbocycles. The van der Waals surface area contributed by atoms with Gasteiger partial charge in [-0.15, -0.1) is 0 Å². The molecule has 0 saturated heterocycles. The van der Waals surface area contributed by atoms with E-state index < -0.39 is 0 Å². The molecule has 1 N–H and O–H groups in total. The molecular weight excluding hydrogens is 250 g/mol. The first-order valence-corrected chi connectivity index (χ1v) is 7.01. The van der Waals surface area contributed by atoms with Gasteiger partial charge in [0.15, 0.2) is 0 Å². The summed E-state index contributed by atoms with van der Waals surface area (Å²) in [5.74, 6) is 0.507. The van der Waals surface area contributed by atoms with Crippen LogP contribution in [0.1, 0.15) is 19.4 Å². The summed E-state index contributed by atoms with van der Waals surface area (Å²) in [4.78, 5) is 0. The van der Waals surface area contributed by atoms with Crippen LogP contribution in [-0.2, 0) is 11.3 Å². The van der Waals surface area contributed by atoms with Crippen molar-refractivity contribution in [3.63, 3.8) is 0 Å². The number of hydrogen-bond acceptors (Lipinski definition) is 3. The Bertz CT molecular complexity index is 508. The molecule has 108 valence electrons. The summed E-state index contributed by atoms with van der Waals surface area (Å²) >= 11 is 0. The molecule has 0 aliphatic heterocycles. The molecule has 0 spiro atoms. The van der Waals surface area contributed by atoms with E-state index in [4.69, 9.17) is 4.74 Å². The van der Waals surface area contributed by atoms with Crippen LogP contribution in [0.4, 0.5) is 5.69 Å². The number of nitrogens with zero attached hydrogens (tertiary/aromatic N) is 2. The third-order valence-electron chi connectivity index (χ3n) is 3.40.